The lowest BCUT2D eigenvalue weighted by molar-refractivity contribution is -0.137. The molecule has 0 saturated carbocycles. The number of sulfone groups is 1. The van der Waals surface area contributed by atoms with Gasteiger partial charge in [0.05, 0.1) is 22.0 Å². The molecule has 1 saturated heterocycles. The van der Waals surface area contributed by atoms with E-state index >= 15 is 0 Å². The highest BCUT2D eigenvalue weighted by Gasteiger charge is 2.33. The molecule has 0 spiro atoms. The van der Waals surface area contributed by atoms with E-state index in [2.05, 4.69) is 4.72 Å². The van der Waals surface area contributed by atoms with E-state index in [0.717, 1.165) is 12.1 Å². The van der Waals surface area contributed by atoms with Gasteiger partial charge in [-0.2, -0.15) is 13.2 Å². The third-order valence-corrected chi connectivity index (χ3v) is 6.35. The first-order valence-electron chi connectivity index (χ1n) is 5.90. The summed E-state index contributed by atoms with van der Waals surface area (Å²) in [4.78, 5) is -0.334. The van der Waals surface area contributed by atoms with Gasteiger partial charge in [-0.1, -0.05) is 0 Å². The van der Waals surface area contributed by atoms with Crippen molar-refractivity contribution < 1.29 is 30.0 Å². The van der Waals surface area contributed by atoms with E-state index in [1.807, 2.05) is 0 Å². The monoisotopic (exact) mass is 343 g/mol. The van der Waals surface area contributed by atoms with Crippen molar-refractivity contribution >= 4 is 19.9 Å². The summed E-state index contributed by atoms with van der Waals surface area (Å²) in [5.74, 6) is -0.403. The number of hydrogen-bond donors (Lipinski definition) is 1. The van der Waals surface area contributed by atoms with E-state index in [-0.39, 0.29) is 22.8 Å². The molecule has 0 aliphatic carbocycles. The second kappa shape index (κ2) is 5.25. The number of sulfonamides is 1. The van der Waals surface area contributed by atoms with Crippen molar-refractivity contribution in [2.75, 3.05) is 11.5 Å². The number of nitrogens with one attached hydrogen (secondary N) is 1. The van der Waals surface area contributed by atoms with Crippen molar-refractivity contribution in [1.29, 1.82) is 0 Å². The minimum atomic E-state index is -4.55. The Morgan fingerprint density at radius 3 is 2.14 bits per heavy atom. The molecule has 0 amide bonds. The van der Waals surface area contributed by atoms with E-state index < -0.39 is 37.6 Å². The smallest absolute Gasteiger partial charge is 0.229 e. The Balaban J connectivity index is 2.17. The molecule has 0 unspecified atom stereocenters. The number of halogens is 3. The third kappa shape index (κ3) is 3.95. The van der Waals surface area contributed by atoms with Crippen molar-refractivity contribution in [1.82, 2.24) is 4.72 Å². The fourth-order valence-electron chi connectivity index (χ4n) is 2.00. The summed E-state index contributed by atoms with van der Waals surface area (Å²) in [7, 11) is -7.29. The zero-order chi connectivity index (χ0) is 15.9. The maximum Gasteiger partial charge on any atom is 0.416 e. The van der Waals surface area contributed by atoms with E-state index in [0.29, 0.717) is 12.1 Å². The Hall–Kier alpha value is -1.13. The number of benzene rings is 1. The minimum Gasteiger partial charge on any atom is -0.229 e. The standard InChI is InChI=1S/C11H12F3NO4S2/c12-11(13,14)8-1-3-10(4-2-8)21(18,19)15-9-5-6-20(16,17)7-9/h1-4,9,15H,5-7H2/t9-/m0/s1. The van der Waals surface area contributed by atoms with Crippen LogP contribution >= 0.6 is 0 Å². The van der Waals surface area contributed by atoms with Gasteiger partial charge in [-0.25, -0.2) is 21.6 Å². The molecule has 0 aromatic heterocycles. The van der Waals surface area contributed by atoms with Gasteiger partial charge in [-0.15, -0.1) is 0 Å². The summed E-state index contributed by atoms with van der Waals surface area (Å²) in [5, 5.41) is 0. The molecular formula is C11H12F3NO4S2. The van der Waals surface area contributed by atoms with Gasteiger partial charge in [-0.05, 0) is 30.7 Å². The Morgan fingerprint density at radius 1 is 1.14 bits per heavy atom. The minimum absolute atomic E-state index is 0.104. The van der Waals surface area contributed by atoms with Crippen LogP contribution < -0.4 is 4.72 Å². The molecule has 10 heteroatoms. The molecule has 1 fully saturated rings. The van der Waals surface area contributed by atoms with E-state index in [1.54, 1.807) is 0 Å². The van der Waals surface area contributed by atoms with Crippen LogP contribution in [0.1, 0.15) is 12.0 Å². The highest BCUT2D eigenvalue weighted by atomic mass is 32.2. The van der Waals surface area contributed by atoms with E-state index in [1.165, 1.54) is 0 Å². The first kappa shape index (κ1) is 16.2. The molecule has 1 aromatic rings. The molecule has 1 heterocycles. The largest absolute Gasteiger partial charge is 0.416 e. The van der Waals surface area contributed by atoms with E-state index in [4.69, 9.17) is 0 Å². The predicted octanol–water partition coefficient (Wildman–Crippen LogP) is 1.17. The molecule has 2 rings (SSSR count). The van der Waals surface area contributed by atoms with Gasteiger partial charge in [0, 0.05) is 6.04 Å². The maximum absolute atomic E-state index is 12.4. The summed E-state index contributed by atoms with van der Waals surface area (Å²) in [5.41, 5.74) is -0.954. The summed E-state index contributed by atoms with van der Waals surface area (Å²) in [6, 6.07) is 2.27. The van der Waals surface area contributed by atoms with Crippen molar-refractivity contribution in [3.63, 3.8) is 0 Å². The molecule has 1 N–H and O–H groups in total. The summed E-state index contributed by atoms with van der Waals surface area (Å²) in [6.45, 7) is 0. The third-order valence-electron chi connectivity index (χ3n) is 3.05. The zero-order valence-corrected chi connectivity index (χ0v) is 12.2. The predicted molar refractivity (Wildman–Crippen MR) is 68.8 cm³/mol. The lowest BCUT2D eigenvalue weighted by Crippen LogP contribution is -2.35. The maximum atomic E-state index is 12.4. The van der Waals surface area contributed by atoms with Crippen molar-refractivity contribution in [2.24, 2.45) is 0 Å². The molecule has 1 aromatic carbocycles. The molecule has 0 bridgehead atoms. The van der Waals surface area contributed by atoms with Crippen molar-refractivity contribution in [3.8, 4) is 0 Å². The van der Waals surface area contributed by atoms with Gasteiger partial charge in [0.15, 0.2) is 9.84 Å². The van der Waals surface area contributed by atoms with Crippen LogP contribution in [0.3, 0.4) is 0 Å². The Bertz CT molecular complexity index is 724. The summed E-state index contributed by atoms with van der Waals surface area (Å²) in [6.07, 6.45) is -4.39. The number of rotatable bonds is 3. The second-order valence-corrected chi connectivity index (χ2v) is 8.69. The lowest BCUT2D eigenvalue weighted by Gasteiger charge is -2.12. The SMILES string of the molecule is O=S1(=O)CC[C@H](NS(=O)(=O)c2ccc(C(F)(F)F)cc2)C1. The van der Waals surface area contributed by atoms with Crippen LogP contribution in [0.2, 0.25) is 0 Å². The fourth-order valence-corrected chi connectivity index (χ4v) is 5.05. The molecule has 5 nitrogen and oxygen atoms in total. The van der Waals surface area contributed by atoms with Crippen LogP contribution in [0.25, 0.3) is 0 Å². The number of hydrogen-bond acceptors (Lipinski definition) is 4. The molecule has 1 aliphatic heterocycles. The zero-order valence-electron chi connectivity index (χ0n) is 10.6. The average Bonchev–Trinajstić information content (AvgIpc) is 2.67. The molecule has 1 atom stereocenters. The molecular weight excluding hydrogens is 331 g/mol. The average molecular weight is 343 g/mol. The first-order chi connectivity index (χ1) is 9.50. The van der Waals surface area contributed by atoms with Crippen LogP contribution in [-0.4, -0.2) is 34.4 Å². The number of alkyl halides is 3. The van der Waals surface area contributed by atoms with Crippen LogP contribution in [0.4, 0.5) is 13.2 Å². The second-order valence-electron chi connectivity index (χ2n) is 4.74. The molecule has 21 heavy (non-hydrogen) atoms. The molecule has 1 aliphatic rings. The van der Waals surface area contributed by atoms with E-state index in [9.17, 15) is 30.0 Å². The van der Waals surface area contributed by atoms with Gasteiger partial charge in [0.1, 0.15) is 0 Å². The van der Waals surface area contributed by atoms with Gasteiger partial charge in [0.25, 0.3) is 0 Å². The Morgan fingerprint density at radius 2 is 1.71 bits per heavy atom. The topological polar surface area (TPSA) is 80.3 Å². The van der Waals surface area contributed by atoms with Crippen LogP contribution in [0, 0.1) is 0 Å². The van der Waals surface area contributed by atoms with Crippen LogP contribution in [0.15, 0.2) is 29.2 Å². The van der Waals surface area contributed by atoms with Crippen LogP contribution in [0.5, 0.6) is 0 Å². The van der Waals surface area contributed by atoms with Gasteiger partial charge < -0.3 is 0 Å². The normalized spacial score (nSPS) is 22.3. The Kier molecular flexibility index (Phi) is 4.06. The highest BCUT2D eigenvalue weighted by molar-refractivity contribution is 7.92. The first-order valence-corrected chi connectivity index (χ1v) is 9.20. The van der Waals surface area contributed by atoms with Gasteiger partial charge in [-0.3, -0.25) is 0 Å². The Labute approximate surface area is 120 Å². The lowest BCUT2D eigenvalue weighted by atomic mass is 10.2. The fraction of sp³-hybridized carbons (Fsp3) is 0.455. The van der Waals surface area contributed by atoms with Gasteiger partial charge >= 0.3 is 6.18 Å². The summed E-state index contributed by atoms with van der Waals surface area (Å²) < 4.78 is 85.9. The molecule has 0 radical (unpaired) electrons. The quantitative estimate of drug-likeness (QED) is 0.893. The van der Waals surface area contributed by atoms with Crippen LogP contribution in [-0.2, 0) is 26.0 Å². The highest BCUT2D eigenvalue weighted by Crippen LogP contribution is 2.29. The van der Waals surface area contributed by atoms with Crippen molar-refractivity contribution in [3.05, 3.63) is 29.8 Å². The van der Waals surface area contributed by atoms with Gasteiger partial charge in [0.2, 0.25) is 10.0 Å². The molecule has 118 valence electrons. The summed E-state index contributed by atoms with van der Waals surface area (Å²) >= 11 is 0. The van der Waals surface area contributed by atoms with Crippen molar-refractivity contribution in [2.45, 2.75) is 23.5 Å².